The monoisotopic (exact) mass is 348 g/mol. The standard InChI is InChI=1S/C18H24N2O3S/c19-17(21)15-1-3-16(4-2-15)24(22,23)20-11-18-8-12-5-13(9-18)7-14(6-12)10-18/h1-4,12-14,20H,5-11H2,(H2,19,21). The molecule has 0 heterocycles. The van der Waals surface area contributed by atoms with E-state index in [0.717, 1.165) is 17.8 Å². The first-order valence-electron chi connectivity index (χ1n) is 8.75. The number of nitrogens with two attached hydrogens (primary N) is 1. The van der Waals surface area contributed by atoms with Crippen LogP contribution in [0.2, 0.25) is 0 Å². The van der Waals surface area contributed by atoms with Crippen molar-refractivity contribution in [2.75, 3.05) is 6.54 Å². The summed E-state index contributed by atoms with van der Waals surface area (Å²) in [7, 11) is -3.55. The van der Waals surface area contributed by atoms with E-state index in [4.69, 9.17) is 5.73 Å². The minimum Gasteiger partial charge on any atom is -0.366 e. The van der Waals surface area contributed by atoms with Crippen molar-refractivity contribution in [3.8, 4) is 0 Å². The summed E-state index contributed by atoms with van der Waals surface area (Å²) in [5.74, 6) is 1.85. The fraction of sp³-hybridized carbons (Fsp3) is 0.611. The SMILES string of the molecule is NC(=O)c1ccc(S(=O)(=O)NCC23CC4CC(CC(C4)C2)C3)cc1. The highest BCUT2D eigenvalue weighted by Gasteiger charge is 2.50. The van der Waals surface area contributed by atoms with Crippen molar-refractivity contribution in [3.05, 3.63) is 29.8 Å². The van der Waals surface area contributed by atoms with E-state index in [1.54, 1.807) is 0 Å². The van der Waals surface area contributed by atoms with Crippen LogP contribution in [0.25, 0.3) is 0 Å². The fourth-order valence-corrected chi connectivity index (χ4v) is 6.79. The van der Waals surface area contributed by atoms with E-state index in [1.165, 1.54) is 62.8 Å². The molecule has 0 radical (unpaired) electrons. The molecule has 0 atom stereocenters. The van der Waals surface area contributed by atoms with E-state index in [2.05, 4.69) is 4.72 Å². The van der Waals surface area contributed by atoms with Crippen molar-refractivity contribution in [1.82, 2.24) is 4.72 Å². The maximum Gasteiger partial charge on any atom is 0.248 e. The third-order valence-electron chi connectivity index (χ3n) is 6.25. The summed E-state index contributed by atoms with van der Waals surface area (Å²) in [6.07, 6.45) is 7.55. The number of rotatable bonds is 5. The number of hydrogen-bond donors (Lipinski definition) is 2. The van der Waals surface area contributed by atoms with E-state index >= 15 is 0 Å². The lowest BCUT2D eigenvalue weighted by Crippen LogP contribution is -2.51. The second kappa shape index (κ2) is 5.56. The first-order chi connectivity index (χ1) is 11.4. The van der Waals surface area contributed by atoms with Gasteiger partial charge in [-0.1, -0.05) is 0 Å². The van der Waals surface area contributed by atoms with Gasteiger partial charge in [-0.15, -0.1) is 0 Å². The van der Waals surface area contributed by atoms with E-state index in [0.29, 0.717) is 12.1 Å². The number of carbonyl (C=O) groups excluding carboxylic acids is 1. The zero-order valence-corrected chi connectivity index (χ0v) is 14.5. The third-order valence-corrected chi connectivity index (χ3v) is 7.67. The molecule has 4 aliphatic rings. The first kappa shape index (κ1) is 16.1. The molecule has 0 saturated heterocycles. The Labute approximate surface area is 143 Å². The summed E-state index contributed by atoms with van der Waals surface area (Å²) < 4.78 is 28.0. The number of nitrogens with one attached hydrogen (secondary N) is 1. The molecule has 4 saturated carbocycles. The van der Waals surface area contributed by atoms with Gasteiger partial charge >= 0.3 is 0 Å². The normalized spacial score (nSPS) is 34.4. The summed E-state index contributed by atoms with van der Waals surface area (Å²) >= 11 is 0. The molecule has 0 aliphatic heterocycles. The predicted octanol–water partition coefficient (Wildman–Crippen LogP) is 2.28. The van der Waals surface area contributed by atoms with Gasteiger partial charge in [0.1, 0.15) is 0 Å². The van der Waals surface area contributed by atoms with Crippen molar-refractivity contribution in [2.24, 2.45) is 28.9 Å². The van der Waals surface area contributed by atoms with Gasteiger partial charge in [0.2, 0.25) is 15.9 Å². The molecule has 4 fully saturated rings. The second-order valence-electron chi connectivity index (χ2n) is 8.13. The van der Waals surface area contributed by atoms with Gasteiger partial charge < -0.3 is 5.73 Å². The first-order valence-corrected chi connectivity index (χ1v) is 10.2. The number of benzene rings is 1. The molecular formula is C18H24N2O3S. The maximum atomic E-state index is 12.6. The van der Waals surface area contributed by atoms with Gasteiger partial charge in [0.15, 0.2) is 0 Å². The molecular weight excluding hydrogens is 324 g/mol. The molecule has 4 aliphatic carbocycles. The van der Waals surface area contributed by atoms with Gasteiger partial charge in [-0.25, -0.2) is 13.1 Å². The molecule has 6 heteroatoms. The molecule has 0 unspecified atom stereocenters. The van der Waals surface area contributed by atoms with Crippen LogP contribution >= 0.6 is 0 Å². The van der Waals surface area contributed by atoms with Crippen molar-refractivity contribution in [3.63, 3.8) is 0 Å². The lowest BCUT2D eigenvalue weighted by molar-refractivity contribution is -0.0487. The van der Waals surface area contributed by atoms with E-state index < -0.39 is 15.9 Å². The zero-order chi connectivity index (χ0) is 16.9. The largest absolute Gasteiger partial charge is 0.366 e. The summed E-state index contributed by atoms with van der Waals surface area (Å²) in [5.41, 5.74) is 5.67. The molecule has 1 aromatic rings. The van der Waals surface area contributed by atoms with E-state index in [1.807, 2.05) is 0 Å². The van der Waals surface area contributed by atoms with Gasteiger partial charge in [-0.05, 0) is 86.0 Å². The average molecular weight is 348 g/mol. The van der Waals surface area contributed by atoms with Gasteiger partial charge in [0.25, 0.3) is 0 Å². The molecule has 130 valence electrons. The average Bonchev–Trinajstić information content (AvgIpc) is 2.52. The number of sulfonamides is 1. The second-order valence-corrected chi connectivity index (χ2v) is 9.90. The molecule has 5 rings (SSSR count). The summed E-state index contributed by atoms with van der Waals surface area (Å²) in [6, 6.07) is 5.81. The van der Waals surface area contributed by atoms with Crippen LogP contribution in [-0.2, 0) is 10.0 Å². The Kier molecular flexibility index (Phi) is 3.73. The van der Waals surface area contributed by atoms with Crippen molar-refractivity contribution in [1.29, 1.82) is 0 Å². The molecule has 0 aromatic heterocycles. The minimum absolute atomic E-state index is 0.162. The minimum atomic E-state index is -3.55. The summed E-state index contributed by atoms with van der Waals surface area (Å²) in [6.45, 7) is 0.538. The summed E-state index contributed by atoms with van der Waals surface area (Å²) in [4.78, 5) is 11.3. The van der Waals surface area contributed by atoms with Crippen LogP contribution in [0.5, 0.6) is 0 Å². The van der Waals surface area contributed by atoms with Crippen LogP contribution in [0, 0.1) is 23.2 Å². The highest BCUT2D eigenvalue weighted by atomic mass is 32.2. The molecule has 24 heavy (non-hydrogen) atoms. The third kappa shape index (κ3) is 2.86. The van der Waals surface area contributed by atoms with Gasteiger partial charge in [0, 0.05) is 12.1 Å². The molecule has 4 bridgehead atoms. The van der Waals surface area contributed by atoms with Crippen LogP contribution in [-0.4, -0.2) is 20.9 Å². The number of primary amides is 1. The topological polar surface area (TPSA) is 89.3 Å². The lowest BCUT2D eigenvalue weighted by Gasteiger charge is -2.56. The summed E-state index contributed by atoms with van der Waals surface area (Å²) in [5, 5.41) is 0. The van der Waals surface area contributed by atoms with Crippen LogP contribution in [0.1, 0.15) is 48.9 Å². The molecule has 1 aromatic carbocycles. The Hall–Kier alpha value is -1.40. The predicted molar refractivity (Wildman–Crippen MR) is 90.8 cm³/mol. The molecule has 5 nitrogen and oxygen atoms in total. The number of hydrogen-bond acceptors (Lipinski definition) is 3. The van der Waals surface area contributed by atoms with Gasteiger partial charge in [-0.3, -0.25) is 4.79 Å². The highest BCUT2D eigenvalue weighted by molar-refractivity contribution is 7.89. The Morgan fingerprint density at radius 3 is 2.00 bits per heavy atom. The van der Waals surface area contributed by atoms with E-state index in [9.17, 15) is 13.2 Å². The lowest BCUT2D eigenvalue weighted by atomic mass is 9.50. The maximum absolute atomic E-state index is 12.6. The fourth-order valence-electron chi connectivity index (χ4n) is 5.64. The van der Waals surface area contributed by atoms with Crippen LogP contribution in [0.4, 0.5) is 0 Å². The Morgan fingerprint density at radius 1 is 1.04 bits per heavy atom. The quantitative estimate of drug-likeness (QED) is 0.855. The Balaban J connectivity index is 1.47. The number of amides is 1. The smallest absolute Gasteiger partial charge is 0.248 e. The van der Waals surface area contributed by atoms with Crippen molar-refractivity contribution in [2.45, 2.75) is 43.4 Å². The van der Waals surface area contributed by atoms with Crippen molar-refractivity contribution >= 4 is 15.9 Å². The van der Waals surface area contributed by atoms with Gasteiger partial charge in [0.05, 0.1) is 4.90 Å². The number of carbonyl (C=O) groups is 1. The van der Waals surface area contributed by atoms with Crippen LogP contribution in [0.3, 0.4) is 0 Å². The Morgan fingerprint density at radius 2 is 1.54 bits per heavy atom. The Bertz CT molecular complexity index is 720. The highest BCUT2D eigenvalue weighted by Crippen LogP contribution is 2.59. The molecule has 1 amide bonds. The van der Waals surface area contributed by atoms with Crippen LogP contribution in [0.15, 0.2) is 29.2 Å². The van der Waals surface area contributed by atoms with E-state index in [-0.39, 0.29) is 10.3 Å². The molecule has 0 spiro atoms. The van der Waals surface area contributed by atoms with Crippen LogP contribution < -0.4 is 10.5 Å². The van der Waals surface area contributed by atoms with Crippen molar-refractivity contribution < 1.29 is 13.2 Å². The molecule has 3 N–H and O–H groups in total. The van der Waals surface area contributed by atoms with Gasteiger partial charge in [-0.2, -0.15) is 0 Å². The zero-order valence-electron chi connectivity index (χ0n) is 13.7.